The molecule has 31 heavy (non-hydrogen) atoms. The van der Waals surface area contributed by atoms with Gasteiger partial charge in [-0.3, -0.25) is 4.79 Å². The van der Waals surface area contributed by atoms with E-state index in [1.165, 1.54) is 0 Å². The van der Waals surface area contributed by atoms with Crippen molar-refractivity contribution in [3.8, 4) is 23.0 Å². The Hall–Kier alpha value is -3.94. The average molecular weight is 417 g/mol. The molecule has 0 atom stereocenters. The van der Waals surface area contributed by atoms with Gasteiger partial charge in [0, 0.05) is 11.6 Å². The Labute approximate surface area is 179 Å². The number of carbonyl (C=O) groups excluding carboxylic acids is 1. The molecule has 0 fully saturated rings. The second-order valence-electron chi connectivity index (χ2n) is 7.00. The van der Waals surface area contributed by atoms with Crippen molar-refractivity contribution >= 4 is 11.6 Å². The van der Waals surface area contributed by atoms with Crippen LogP contribution in [0.2, 0.25) is 0 Å². The summed E-state index contributed by atoms with van der Waals surface area (Å²) in [5.41, 5.74) is 3.56. The molecule has 2 aromatic heterocycles. The predicted molar refractivity (Wildman–Crippen MR) is 116 cm³/mol. The van der Waals surface area contributed by atoms with Gasteiger partial charge >= 0.3 is 0 Å². The minimum absolute atomic E-state index is 0.0413. The number of hydrogen-bond acceptors (Lipinski definition) is 6. The van der Waals surface area contributed by atoms with E-state index in [0.29, 0.717) is 36.9 Å². The van der Waals surface area contributed by atoms with Gasteiger partial charge in [0.15, 0.2) is 11.5 Å². The van der Waals surface area contributed by atoms with Crippen LogP contribution in [0.25, 0.3) is 17.0 Å². The lowest BCUT2D eigenvalue weighted by molar-refractivity contribution is -0.120. The number of rotatable bonds is 8. The predicted octanol–water partition coefficient (Wildman–Crippen LogP) is 2.85. The summed E-state index contributed by atoms with van der Waals surface area (Å²) in [4.78, 5) is 12.2. The molecule has 0 saturated heterocycles. The Bertz CT molecular complexity index is 1200. The van der Waals surface area contributed by atoms with E-state index in [1.807, 2.05) is 55.5 Å². The Morgan fingerprint density at radius 3 is 2.77 bits per heavy atom. The summed E-state index contributed by atoms with van der Waals surface area (Å²) >= 11 is 0. The number of hydrogen-bond donors (Lipinski definition) is 1. The molecule has 0 radical (unpaired) electrons. The Morgan fingerprint density at radius 2 is 1.94 bits per heavy atom. The van der Waals surface area contributed by atoms with Crippen LogP contribution < -0.4 is 14.8 Å². The van der Waals surface area contributed by atoms with Gasteiger partial charge in [-0.2, -0.15) is 4.52 Å². The number of amides is 1. The maximum absolute atomic E-state index is 12.2. The molecular weight excluding hydrogens is 394 g/mol. The second kappa shape index (κ2) is 9.25. The zero-order valence-corrected chi connectivity index (χ0v) is 17.4. The van der Waals surface area contributed by atoms with Crippen molar-refractivity contribution < 1.29 is 14.3 Å². The minimum Gasteiger partial charge on any atom is -0.497 e. The Balaban J connectivity index is 1.37. The molecule has 158 valence electrons. The average Bonchev–Trinajstić information content (AvgIpc) is 3.22. The van der Waals surface area contributed by atoms with Crippen LogP contribution >= 0.6 is 0 Å². The van der Waals surface area contributed by atoms with Crippen molar-refractivity contribution in [2.24, 2.45) is 0 Å². The number of ether oxygens (including phenoxy) is 2. The van der Waals surface area contributed by atoms with Gasteiger partial charge in [-0.1, -0.05) is 36.4 Å². The molecule has 0 spiro atoms. The Morgan fingerprint density at radius 1 is 1.06 bits per heavy atom. The zero-order chi connectivity index (χ0) is 21.6. The first-order valence-corrected chi connectivity index (χ1v) is 9.95. The van der Waals surface area contributed by atoms with Crippen LogP contribution in [0.5, 0.6) is 11.6 Å². The van der Waals surface area contributed by atoms with E-state index in [1.54, 1.807) is 23.8 Å². The topological polar surface area (TPSA) is 90.6 Å². The highest BCUT2D eigenvalue weighted by molar-refractivity contribution is 5.78. The molecule has 0 aliphatic carbocycles. The molecule has 0 saturated carbocycles. The molecule has 2 heterocycles. The standard InChI is InChI=1S/C23H23N5O3/c1-16-6-3-4-7-17(16)15-21(29)24-12-13-31-22-11-10-20-25-26-23(28(20)27-22)18-8-5-9-19(14-18)30-2/h3-11,14H,12-13,15H2,1-2H3,(H,24,29). The first kappa shape index (κ1) is 20.3. The summed E-state index contributed by atoms with van der Waals surface area (Å²) in [5.74, 6) is 1.69. The summed E-state index contributed by atoms with van der Waals surface area (Å²) in [5, 5.41) is 15.7. The summed E-state index contributed by atoms with van der Waals surface area (Å²) in [6.45, 7) is 2.68. The maximum atomic E-state index is 12.2. The van der Waals surface area contributed by atoms with Gasteiger partial charge < -0.3 is 14.8 Å². The second-order valence-corrected chi connectivity index (χ2v) is 7.00. The van der Waals surface area contributed by atoms with Crippen molar-refractivity contribution in [1.82, 2.24) is 25.1 Å². The van der Waals surface area contributed by atoms with Gasteiger partial charge in [-0.25, -0.2) is 0 Å². The van der Waals surface area contributed by atoms with E-state index < -0.39 is 0 Å². The molecule has 2 aromatic carbocycles. The SMILES string of the molecule is COc1cccc(-c2nnc3ccc(OCCNC(=O)Cc4ccccc4C)nn23)c1. The maximum Gasteiger partial charge on any atom is 0.231 e. The van der Waals surface area contributed by atoms with Gasteiger partial charge in [-0.05, 0) is 36.2 Å². The number of nitrogens with one attached hydrogen (secondary N) is 1. The number of benzene rings is 2. The van der Waals surface area contributed by atoms with Gasteiger partial charge in [-0.15, -0.1) is 15.3 Å². The molecule has 4 rings (SSSR count). The molecule has 4 aromatic rings. The molecule has 8 heteroatoms. The number of fused-ring (bicyclic) bond motifs is 1. The zero-order valence-electron chi connectivity index (χ0n) is 17.4. The molecule has 0 bridgehead atoms. The number of carbonyl (C=O) groups is 1. The van der Waals surface area contributed by atoms with Crippen LogP contribution in [0.1, 0.15) is 11.1 Å². The third-order valence-corrected chi connectivity index (χ3v) is 4.85. The Kier molecular flexibility index (Phi) is 6.07. The summed E-state index contributed by atoms with van der Waals surface area (Å²) in [7, 11) is 1.62. The summed E-state index contributed by atoms with van der Waals surface area (Å²) in [6.07, 6.45) is 0.349. The van der Waals surface area contributed by atoms with E-state index in [0.717, 1.165) is 22.4 Å². The first-order valence-electron chi connectivity index (χ1n) is 9.95. The minimum atomic E-state index is -0.0413. The largest absolute Gasteiger partial charge is 0.497 e. The van der Waals surface area contributed by atoms with Crippen molar-refractivity contribution in [3.05, 3.63) is 71.8 Å². The van der Waals surface area contributed by atoms with Gasteiger partial charge in [0.25, 0.3) is 0 Å². The number of nitrogens with zero attached hydrogens (tertiary/aromatic N) is 4. The number of methoxy groups -OCH3 is 1. The van der Waals surface area contributed by atoms with Gasteiger partial charge in [0.05, 0.1) is 20.1 Å². The molecule has 0 aliphatic rings. The normalized spacial score (nSPS) is 10.8. The van der Waals surface area contributed by atoms with Crippen LogP contribution in [-0.2, 0) is 11.2 Å². The molecule has 0 aliphatic heterocycles. The first-order chi connectivity index (χ1) is 15.1. The quantitative estimate of drug-likeness (QED) is 0.444. The molecule has 1 amide bonds. The molecular formula is C23H23N5O3. The highest BCUT2D eigenvalue weighted by Gasteiger charge is 2.11. The number of aryl methyl sites for hydroxylation is 1. The number of aromatic nitrogens is 4. The van der Waals surface area contributed by atoms with E-state index in [-0.39, 0.29) is 5.91 Å². The van der Waals surface area contributed by atoms with Crippen LogP contribution in [-0.4, -0.2) is 46.0 Å². The van der Waals surface area contributed by atoms with E-state index in [9.17, 15) is 4.79 Å². The highest BCUT2D eigenvalue weighted by atomic mass is 16.5. The molecule has 1 N–H and O–H groups in total. The van der Waals surface area contributed by atoms with E-state index in [4.69, 9.17) is 9.47 Å². The van der Waals surface area contributed by atoms with Crippen molar-refractivity contribution in [2.45, 2.75) is 13.3 Å². The molecule has 0 unspecified atom stereocenters. The third kappa shape index (κ3) is 4.80. The monoisotopic (exact) mass is 417 g/mol. The highest BCUT2D eigenvalue weighted by Crippen LogP contribution is 2.23. The van der Waals surface area contributed by atoms with Crippen LogP contribution in [0, 0.1) is 6.92 Å². The van der Waals surface area contributed by atoms with E-state index >= 15 is 0 Å². The fourth-order valence-electron chi connectivity index (χ4n) is 3.18. The lowest BCUT2D eigenvalue weighted by Crippen LogP contribution is -2.29. The summed E-state index contributed by atoms with van der Waals surface area (Å²) < 4.78 is 12.6. The molecule has 8 nitrogen and oxygen atoms in total. The van der Waals surface area contributed by atoms with Crippen LogP contribution in [0.4, 0.5) is 0 Å². The lowest BCUT2D eigenvalue weighted by Gasteiger charge is -2.09. The summed E-state index contributed by atoms with van der Waals surface area (Å²) in [6, 6.07) is 18.9. The van der Waals surface area contributed by atoms with E-state index in [2.05, 4.69) is 20.6 Å². The van der Waals surface area contributed by atoms with Gasteiger partial charge in [0.1, 0.15) is 12.4 Å². The lowest BCUT2D eigenvalue weighted by atomic mass is 10.1. The van der Waals surface area contributed by atoms with Crippen LogP contribution in [0.15, 0.2) is 60.7 Å². The fourth-order valence-corrected chi connectivity index (χ4v) is 3.18. The van der Waals surface area contributed by atoms with Crippen molar-refractivity contribution in [1.29, 1.82) is 0 Å². The van der Waals surface area contributed by atoms with Crippen molar-refractivity contribution in [2.75, 3.05) is 20.3 Å². The van der Waals surface area contributed by atoms with Crippen molar-refractivity contribution in [3.63, 3.8) is 0 Å². The fraction of sp³-hybridized carbons (Fsp3) is 0.217. The van der Waals surface area contributed by atoms with Gasteiger partial charge in [0.2, 0.25) is 11.8 Å². The third-order valence-electron chi connectivity index (χ3n) is 4.85. The van der Waals surface area contributed by atoms with Crippen LogP contribution in [0.3, 0.4) is 0 Å². The smallest absolute Gasteiger partial charge is 0.231 e.